The summed E-state index contributed by atoms with van der Waals surface area (Å²) in [4.78, 5) is 6.92. The Labute approximate surface area is 143 Å². The summed E-state index contributed by atoms with van der Waals surface area (Å²) in [6.07, 6.45) is 4.38. The number of likely N-dealkylation sites (tertiary alicyclic amines) is 1. The van der Waals surface area contributed by atoms with Gasteiger partial charge in [-0.05, 0) is 37.3 Å². The van der Waals surface area contributed by atoms with Crippen molar-refractivity contribution in [3.05, 3.63) is 35.7 Å². The van der Waals surface area contributed by atoms with E-state index >= 15 is 0 Å². The summed E-state index contributed by atoms with van der Waals surface area (Å²) in [6, 6.07) is 8.78. The van der Waals surface area contributed by atoms with E-state index in [1.165, 1.54) is 18.4 Å². The first kappa shape index (κ1) is 17.1. The zero-order valence-corrected chi connectivity index (χ0v) is 14.6. The van der Waals surface area contributed by atoms with Crippen LogP contribution in [0.25, 0.3) is 11.4 Å². The summed E-state index contributed by atoms with van der Waals surface area (Å²) in [6.45, 7) is 6.30. The molecule has 130 valence electrons. The highest BCUT2D eigenvalue weighted by Gasteiger charge is 2.24. The zero-order chi connectivity index (χ0) is 16.9. The van der Waals surface area contributed by atoms with Gasteiger partial charge < -0.3 is 9.63 Å². The second kappa shape index (κ2) is 7.90. The number of aliphatic hydroxyl groups is 1. The molecule has 5 heteroatoms. The Kier molecular flexibility index (Phi) is 5.63. The zero-order valence-electron chi connectivity index (χ0n) is 14.6. The summed E-state index contributed by atoms with van der Waals surface area (Å²) in [7, 11) is 0. The monoisotopic (exact) mass is 329 g/mol. The predicted molar refractivity (Wildman–Crippen MR) is 93.6 cm³/mol. The van der Waals surface area contributed by atoms with Gasteiger partial charge in [-0.1, -0.05) is 49.7 Å². The Balaban J connectivity index is 1.68. The molecule has 2 aromatic rings. The van der Waals surface area contributed by atoms with Crippen LogP contribution in [0, 0.1) is 0 Å². The van der Waals surface area contributed by atoms with Gasteiger partial charge >= 0.3 is 0 Å². The Bertz CT molecular complexity index is 634. The Hall–Kier alpha value is -1.72. The van der Waals surface area contributed by atoms with E-state index in [4.69, 9.17) is 4.52 Å². The molecule has 1 unspecified atom stereocenters. The molecular formula is C19H27N3O2. The van der Waals surface area contributed by atoms with Crippen LogP contribution in [0.3, 0.4) is 0 Å². The van der Waals surface area contributed by atoms with Crippen LogP contribution >= 0.6 is 0 Å². The second-order valence-corrected chi connectivity index (χ2v) is 6.92. The van der Waals surface area contributed by atoms with Gasteiger partial charge in [0.05, 0.1) is 6.54 Å². The maximum Gasteiger partial charge on any atom is 0.241 e. The molecule has 0 bridgehead atoms. The Morgan fingerprint density at radius 2 is 2.04 bits per heavy atom. The first-order valence-corrected chi connectivity index (χ1v) is 8.95. The highest BCUT2D eigenvalue weighted by atomic mass is 16.5. The van der Waals surface area contributed by atoms with Crippen LogP contribution in [0.4, 0.5) is 0 Å². The fraction of sp³-hybridized carbons (Fsp3) is 0.579. The van der Waals surface area contributed by atoms with Crippen molar-refractivity contribution in [1.82, 2.24) is 15.0 Å². The molecule has 1 aromatic heterocycles. The third kappa shape index (κ3) is 4.02. The molecule has 1 aliphatic rings. The summed E-state index contributed by atoms with van der Waals surface area (Å²) in [5, 5.41) is 13.4. The molecule has 0 spiro atoms. The number of hydrogen-bond donors (Lipinski definition) is 1. The lowest BCUT2D eigenvalue weighted by Crippen LogP contribution is -2.39. The summed E-state index contributed by atoms with van der Waals surface area (Å²) >= 11 is 0. The van der Waals surface area contributed by atoms with Gasteiger partial charge in [0.25, 0.3) is 0 Å². The van der Waals surface area contributed by atoms with Crippen LogP contribution in [0.1, 0.15) is 56.9 Å². The van der Waals surface area contributed by atoms with Crippen LogP contribution in [-0.4, -0.2) is 39.3 Å². The smallest absolute Gasteiger partial charge is 0.241 e. The quantitative estimate of drug-likeness (QED) is 0.877. The lowest BCUT2D eigenvalue weighted by Gasteiger charge is -2.34. The third-order valence-corrected chi connectivity index (χ3v) is 4.85. The van der Waals surface area contributed by atoms with Crippen LogP contribution in [-0.2, 0) is 6.54 Å². The minimum Gasteiger partial charge on any atom is -0.396 e. The number of piperidine rings is 1. The average Bonchev–Trinajstić information content (AvgIpc) is 3.05. The third-order valence-electron chi connectivity index (χ3n) is 4.85. The SMILES string of the molecule is CC(C)c1ccc(-c2noc(CN3CCCCC3CCO)n2)cc1. The van der Waals surface area contributed by atoms with E-state index in [1.54, 1.807) is 0 Å². The summed E-state index contributed by atoms with van der Waals surface area (Å²) in [5.41, 5.74) is 2.29. The van der Waals surface area contributed by atoms with Crippen molar-refractivity contribution in [1.29, 1.82) is 0 Å². The number of benzene rings is 1. The molecule has 1 saturated heterocycles. The highest BCUT2D eigenvalue weighted by molar-refractivity contribution is 5.54. The van der Waals surface area contributed by atoms with Gasteiger partial charge in [0.2, 0.25) is 11.7 Å². The van der Waals surface area contributed by atoms with Gasteiger partial charge in [-0.25, -0.2) is 0 Å². The molecule has 5 nitrogen and oxygen atoms in total. The Morgan fingerprint density at radius 3 is 2.75 bits per heavy atom. The highest BCUT2D eigenvalue weighted by Crippen LogP contribution is 2.23. The van der Waals surface area contributed by atoms with Crippen molar-refractivity contribution >= 4 is 0 Å². The van der Waals surface area contributed by atoms with Gasteiger partial charge in [0.1, 0.15) is 0 Å². The molecule has 1 N–H and O–H groups in total. The van der Waals surface area contributed by atoms with Gasteiger partial charge in [-0.3, -0.25) is 4.90 Å². The largest absolute Gasteiger partial charge is 0.396 e. The molecule has 3 rings (SSSR count). The van der Waals surface area contributed by atoms with Crippen molar-refractivity contribution in [2.75, 3.05) is 13.2 Å². The standard InChI is InChI=1S/C19H27N3O2/c1-14(2)15-6-8-16(9-7-15)19-20-18(24-21-19)13-22-11-4-3-5-17(22)10-12-23/h6-9,14,17,23H,3-5,10-13H2,1-2H3. The van der Waals surface area contributed by atoms with Crippen molar-refractivity contribution in [3.63, 3.8) is 0 Å². The molecule has 1 aliphatic heterocycles. The van der Waals surface area contributed by atoms with Crippen LogP contribution < -0.4 is 0 Å². The summed E-state index contributed by atoms with van der Waals surface area (Å²) < 4.78 is 5.46. The molecular weight excluding hydrogens is 302 g/mol. The first-order valence-electron chi connectivity index (χ1n) is 8.95. The maximum absolute atomic E-state index is 9.24. The normalized spacial score (nSPS) is 19.1. The second-order valence-electron chi connectivity index (χ2n) is 6.92. The van der Waals surface area contributed by atoms with E-state index in [-0.39, 0.29) is 6.61 Å². The number of aromatic nitrogens is 2. The molecule has 1 aromatic carbocycles. The van der Waals surface area contributed by atoms with Crippen LogP contribution in [0.5, 0.6) is 0 Å². The van der Waals surface area contributed by atoms with E-state index in [0.717, 1.165) is 24.9 Å². The van der Waals surface area contributed by atoms with Crippen LogP contribution in [0.2, 0.25) is 0 Å². The van der Waals surface area contributed by atoms with Crippen molar-refractivity contribution in [3.8, 4) is 11.4 Å². The topological polar surface area (TPSA) is 62.4 Å². The van der Waals surface area contributed by atoms with E-state index in [1.807, 2.05) is 0 Å². The van der Waals surface area contributed by atoms with Crippen molar-refractivity contribution < 1.29 is 9.63 Å². The average molecular weight is 329 g/mol. The lowest BCUT2D eigenvalue weighted by molar-refractivity contribution is 0.100. The van der Waals surface area contributed by atoms with E-state index < -0.39 is 0 Å². The Morgan fingerprint density at radius 1 is 1.25 bits per heavy atom. The van der Waals surface area contributed by atoms with Crippen molar-refractivity contribution in [2.24, 2.45) is 0 Å². The van der Waals surface area contributed by atoms with E-state index in [0.29, 0.717) is 30.2 Å². The number of rotatable bonds is 6. The van der Waals surface area contributed by atoms with Gasteiger partial charge in [0, 0.05) is 18.2 Å². The molecule has 2 heterocycles. The molecule has 0 amide bonds. The number of hydrogen-bond acceptors (Lipinski definition) is 5. The number of nitrogens with zero attached hydrogens (tertiary/aromatic N) is 3. The lowest BCUT2D eigenvalue weighted by atomic mass is 10.00. The van der Waals surface area contributed by atoms with Gasteiger partial charge in [-0.15, -0.1) is 0 Å². The predicted octanol–water partition coefficient (Wildman–Crippen LogP) is 3.60. The van der Waals surface area contributed by atoms with Crippen molar-refractivity contribution in [2.45, 2.75) is 58.0 Å². The fourth-order valence-electron chi connectivity index (χ4n) is 3.37. The van der Waals surface area contributed by atoms with E-state index in [2.05, 4.69) is 53.2 Å². The molecule has 0 aliphatic carbocycles. The molecule has 0 saturated carbocycles. The summed E-state index contributed by atoms with van der Waals surface area (Å²) in [5.74, 6) is 1.82. The van der Waals surface area contributed by atoms with Gasteiger partial charge in [0.15, 0.2) is 0 Å². The minimum absolute atomic E-state index is 0.235. The number of aliphatic hydroxyl groups excluding tert-OH is 1. The fourth-order valence-corrected chi connectivity index (χ4v) is 3.37. The molecule has 24 heavy (non-hydrogen) atoms. The van der Waals surface area contributed by atoms with Crippen LogP contribution in [0.15, 0.2) is 28.8 Å². The molecule has 0 radical (unpaired) electrons. The van der Waals surface area contributed by atoms with E-state index in [9.17, 15) is 5.11 Å². The first-order chi connectivity index (χ1) is 11.7. The van der Waals surface area contributed by atoms with Gasteiger partial charge in [-0.2, -0.15) is 4.98 Å². The minimum atomic E-state index is 0.235. The molecule has 1 fully saturated rings. The molecule has 1 atom stereocenters. The maximum atomic E-state index is 9.24.